The number of ether oxygens (including phenoxy) is 2. The summed E-state index contributed by atoms with van der Waals surface area (Å²) >= 11 is 0. The average molecular weight is 462 g/mol. The predicted octanol–water partition coefficient (Wildman–Crippen LogP) is 1.15. The van der Waals surface area contributed by atoms with Crippen LogP contribution in [0, 0.1) is 0 Å². The number of rotatable bonds is 8. The Kier molecular flexibility index (Phi) is 7.84. The Balaban J connectivity index is 1.72. The fraction of sp³-hybridized carbons (Fsp3) is 0.364. The number of nitrogens with one attached hydrogen (secondary N) is 2. The summed E-state index contributed by atoms with van der Waals surface area (Å²) in [4.78, 5) is 25.2. The van der Waals surface area contributed by atoms with Gasteiger partial charge < -0.3 is 20.1 Å². The average Bonchev–Trinajstić information content (AvgIpc) is 2.83. The molecule has 1 aliphatic rings. The minimum Gasteiger partial charge on any atom is -0.496 e. The molecule has 0 aliphatic carbocycles. The van der Waals surface area contributed by atoms with Crippen LogP contribution in [0.15, 0.2) is 53.4 Å². The van der Waals surface area contributed by atoms with Crippen molar-refractivity contribution in [2.45, 2.75) is 24.4 Å². The van der Waals surface area contributed by atoms with Crippen molar-refractivity contribution in [2.24, 2.45) is 0 Å². The Labute approximate surface area is 187 Å². The van der Waals surface area contributed by atoms with Crippen LogP contribution in [0.25, 0.3) is 0 Å². The highest BCUT2D eigenvalue weighted by Crippen LogP contribution is 2.25. The summed E-state index contributed by atoms with van der Waals surface area (Å²) in [7, 11) is -2.40. The van der Waals surface area contributed by atoms with Crippen molar-refractivity contribution in [2.75, 3.05) is 33.4 Å². The third-order valence-electron chi connectivity index (χ3n) is 5.07. The fourth-order valence-electron chi connectivity index (χ4n) is 3.24. The number of hydrogen-bond acceptors (Lipinski definition) is 6. The van der Waals surface area contributed by atoms with E-state index < -0.39 is 22.0 Å². The zero-order valence-electron chi connectivity index (χ0n) is 18.0. The fourth-order valence-corrected chi connectivity index (χ4v) is 4.67. The van der Waals surface area contributed by atoms with E-state index in [-0.39, 0.29) is 35.2 Å². The van der Waals surface area contributed by atoms with Gasteiger partial charge >= 0.3 is 0 Å². The molecule has 172 valence electrons. The van der Waals surface area contributed by atoms with Gasteiger partial charge in [0.2, 0.25) is 15.9 Å². The summed E-state index contributed by atoms with van der Waals surface area (Å²) in [5.41, 5.74) is 0.964. The van der Waals surface area contributed by atoms with E-state index in [4.69, 9.17) is 9.47 Å². The number of carbonyl (C=O) groups is 2. The predicted molar refractivity (Wildman–Crippen MR) is 118 cm³/mol. The summed E-state index contributed by atoms with van der Waals surface area (Å²) in [6, 6.07) is 12.7. The van der Waals surface area contributed by atoms with Gasteiger partial charge in [0.1, 0.15) is 11.8 Å². The van der Waals surface area contributed by atoms with Gasteiger partial charge in [-0.2, -0.15) is 4.31 Å². The molecule has 0 saturated carbocycles. The third kappa shape index (κ3) is 5.64. The molecule has 1 aliphatic heterocycles. The largest absolute Gasteiger partial charge is 0.496 e. The maximum absolute atomic E-state index is 12.9. The maximum atomic E-state index is 12.9. The zero-order chi connectivity index (χ0) is 23.1. The Morgan fingerprint density at radius 2 is 1.81 bits per heavy atom. The molecule has 2 amide bonds. The van der Waals surface area contributed by atoms with Crippen LogP contribution < -0.4 is 15.4 Å². The molecular formula is C22H27N3O6S. The number of hydrogen-bond donors (Lipinski definition) is 2. The van der Waals surface area contributed by atoms with Crippen molar-refractivity contribution < 1.29 is 27.5 Å². The molecule has 2 N–H and O–H groups in total. The molecule has 0 radical (unpaired) electrons. The smallest absolute Gasteiger partial charge is 0.255 e. The molecule has 32 heavy (non-hydrogen) atoms. The van der Waals surface area contributed by atoms with Crippen LogP contribution >= 0.6 is 0 Å². The van der Waals surface area contributed by atoms with Crippen LogP contribution in [0.2, 0.25) is 0 Å². The molecule has 2 aromatic carbocycles. The lowest BCUT2D eigenvalue weighted by atomic mass is 10.1. The molecule has 1 fully saturated rings. The van der Waals surface area contributed by atoms with Crippen LogP contribution in [0.5, 0.6) is 5.75 Å². The van der Waals surface area contributed by atoms with Crippen LogP contribution in [0.1, 0.15) is 22.8 Å². The Bertz CT molecular complexity index is 1050. The lowest BCUT2D eigenvalue weighted by Gasteiger charge is -2.26. The Hall–Kier alpha value is -2.95. The molecule has 9 nitrogen and oxygen atoms in total. The highest BCUT2D eigenvalue weighted by molar-refractivity contribution is 7.89. The van der Waals surface area contributed by atoms with Crippen molar-refractivity contribution in [1.29, 1.82) is 0 Å². The topological polar surface area (TPSA) is 114 Å². The lowest BCUT2D eigenvalue weighted by molar-refractivity contribution is -0.122. The number of amides is 2. The molecule has 0 spiro atoms. The number of carbonyl (C=O) groups excluding carboxylic acids is 2. The number of methoxy groups -OCH3 is 1. The number of nitrogens with zero attached hydrogens (tertiary/aromatic N) is 1. The van der Waals surface area contributed by atoms with E-state index in [0.29, 0.717) is 19.8 Å². The van der Waals surface area contributed by atoms with Crippen LogP contribution in [-0.4, -0.2) is 64.0 Å². The first-order chi connectivity index (χ1) is 15.3. The van der Waals surface area contributed by atoms with Gasteiger partial charge in [0.25, 0.3) is 5.91 Å². The third-order valence-corrected chi connectivity index (χ3v) is 6.97. The number of sulfonamides is 1. The second-order valence-electron chi connectivity index (χ2n) is 7.28. The molecule has 3 rings (SSSR count). The summed E-state index contributed by atoms with van der Waals surface area (Å²) < 4.78 is 37.7. The summed E-state index contributed by atoms with van der Waals surface area (Å²) in [5, 5.41) is 5.37. The van der Waals surface area contributed by atoms with Gasteiger partial charge in [-0.05, 0) is 30.7 Å². The van der Waals surface area contributed by atoms with Gasteiger partial charge in [0.05, 0.1) is 30.8 Å². The van der Waals surface area contributed by atoms with Gasteiger partial charge in [-0.1, -0.05) is 30.3 Å². The van der Waals surface area contributed by atoms with Crippen molar-refractivity contribution in [1.82, 2.24) is 14.9 Å². The van der Waals surface area contributed by atoms with Crippen LogP contribution in [0.3, 0.4) is 0 Å². The van der Waals surface area contributed by atoms with Gasteiger partial charge in [0, 0.05) is 19.6 Å². The molecule has 0 aromatic heterocycles. The van der Waals surface area contributed by atoms with E-state index in [9.17, 15) is 18.0 Å². The van der Waals surface area contributed by atoms with Gasteiger partial charge in [-0.3, -0.25) is 9.59 Å². The second kappa shape index (κ2) is 10.6. The van der Waals surface area contributed by atoms with E-state index in [1.54, 1.807) is 6.92 Å². The Morgan fingerprint density at radius 3 is 2.47 bits per heavy atom. The lowest BCUT2D eigenvalue weighted by Crippen LogP contribution is -2.44. The standard InChI is InChI=1S/C22H27N3O6S/c1-16(21(26)23-15-17-6-4-3-5-7-17)24-22(27)19-14-18(8-9-20(19)30-2)32(28,29)25-10-12-31-13-11-25/h3-9,14,16H,10-13,15H2,1-2H3,(H,23,26)(H,24,27). The monoisotopic (exact) mass is 461 g/mol. The van der Waals surface area contributed by atoms with E-state index in [1.165, 1.54) is 29.6 Å². The number of benzene rings is 2. The summed E-state index contributed by atoms with van der Waals surface area (Å²) in [6.45, 7) is 3.01. The van der Waals surface area contributed by atoms with E-state index in [0.717, 1.165) is 5.56 Å². The van der Waals surface area contributed by atoms with E-state index in [2.05, 4.69) is 10.6 Å². The molecule has 2 aromatic rings. The molecule has 0 bridgehead atoms. The van der Waals surface area contributed by atoms with Crippen molar-refractivity contribution in [3.63, 3.8) is 0 Å². The van der Waals surface area contributed by atoms with E-state index in [1.807, 2.05) is 30.3 Å². The first kappa shape index (κ1) is 23.7. The van der Waals surface area contributed by atoms with Crippen molar-refractivity contribution in [3.05, 3.63) is 59.7 Å². The molecule has 10 heteroatoms. The minimum atomic E-state index is -3.79. The highest BCUT2D eigenvalue weighted by atomic mass is 32.2. The molecule has 1 saturated heterocycles. The molecule has 1 unspecified atom stereocenters. The SMILES string of the molecule is COc1ccc(S(=O)(=O)N2CCOCC2)cc1C(=O)NC(C)C(=O)NCc1ccccc1. The van der Waals surface area contributed by atoms with Gasteiger partial charge in [0.15, 0.2) is 0 Å². The van der Waals surface area contributed by atoms with Crippen molar-refractivity contribution in [3.8, 4) is 5.75 Å². The molecular weight excluding hydrogens is 434 g/mol. The summed E-state index contributed by atoms with van der Waals surface area (Å²) in [6.07, 6.45) is 0. The van der Waals surface area contributed by atoms with Crippen molar-refractivity contribution >= 4 is 21.8 Å². The quantitative estimate of drug-likeness (QED) is 0.610. The minimum absolute atomic E-state index is 0.0217. The first-order valence-electron chi connectivity index (χ1n) is 10.2. The number of morpholine rings is 1. The van der Waals surface area contributed by atoms with Crippen LogP contribution in [-0.2, 0) is 26.1 Å². The van der Waals surface area contributed by atoms with Gasteiger partial charge in [-0.15, -0.1) is 0 Å². The van der Waals surface area contributed by atoms with E-state index >= 15 is 0 Å². The second-order valence-corrected chi connectivity index (χ2v) is 9.22. The molecule has 1 heterocycles. The normalized spacial score (nSPS) is 15.6. The first-order valence-corrected chi connectivity index (χ1v) is 11.7. The van der Waals surface area contributed by atoms with Crippen LogP contribution in [0.4, 0.5) is 0 Å². The van der Waals surface area contributed by atoms with Gasteiger partial charge in [-0.25, -0.2) is 8.42 Å². The molecule has 1 atom stereocenters. The highest BCUT2D eigenvalue weighted by Gasteiger charge is 2.28. The maximum Gasteiger partial charge on any atom is 0.255 e. The summed E-state index contributed by atoms with van der Waals surface area (Å²) in [5.74, 6) is -0.762. The zero-order valence-corrected chi connectivity index (χ0v) is 18.9. The Morgan fingerprint density at radius 1 is 1.12 bits per heavy atom.